The number of benzene rings is 2. The molecule has 1 aliphatic carbocycles. The SMILES string of the molecule is Cc1ccc2c(c1)[C@H](O)C[C@@H]2c1ccc(F)cc1. The van der Waals surface area contributed by atoms with Crippen LogP contribution in [0.3, 0.4) is 0 Å². The summed E-state index contributed by atoms with van der Waals surface area (Å²) in [4.78, 5) is 0. The Labute approximate surface area is 106 Å². The van der Waals surface area contributed by atoms with E-state index in [1.807, 2.05) is 25.1 Å². The normalized spacial score (nSPS) is 21.9. The van der Waals surface area contributed by atoms with E-state index in [0.29, 0.717) is 6.42 Å². The molecule has 0 bridgehead atoms. The summed E-state index contributed by atoms with van der Waals surface area (Å²) in [6.45, 7) is 2.03. The van der Waals surface area contributed by atoms with E-state index in [4.69, 9.17) is 0 Å². The molecular formula is C16H15FO. The second kappa shape index (κ2) is 4.21. The van der Waals surface area contributed by atoms with Gasteiger partial charge in [0.25, 0.3) is 0 Å². The maximum atomic E-state index is 12.9. The molecule has 0 amide bonds. The van der Waals surface area contributed by atoms with E-state index < -0.39 is 6.10 Å². The fraction of sp³-hybridized carbons (Fsp3) is 0.250. The highest BCUT2D eigenvalue weighted by Gasteiger charge is 2.30. The second-order valence-electron chi connectivity index (χ2n) is 4.99. The molecule has 0 spiro atoms. The van der Waals surface area contributed by atoms with E-state index in [-0.39, 0.29) is 11.7 Å². The molecule has 0 radical (unpaired) electrons. The summed E-state index contributed by atoms with van der Waals surface area (Å²) in [6.07, 6.45) is 0.277. The van der Waals surface area contributed by atoms with Crippen molar-refractivity contribution in [2.75, 3.05) is 0 Å². The van der Waals surface area contributed by atoms with Gasteiger partial charge in [0.2, 0.25) is 0 Å². The van der Waals surface area contributed by atoms with E-state index >= 15 is 0 Å². The van der Waals surface area contributed by atoms with Gasteiger partial charge in [0.1, 0.15) is 5.82 Å². The minimum atomic E-state index is -0.407. The minimum Gasteiger partial charge on any atom is -0.388 e. The van der Waals surface area contributed by atoms with Crippen molar-refractivity contribution in [2.45, 2.75) is 25.4 Å². The van der Waals surface area contributed by atoms with Gasteiger partial charge in [-0.3, -0.25) is 0 Å². The molecule has 1 N–H and O–H groups in total. The monoisotopic (exact) mass is 242 g/mol. The van der Waals surface area contributed by atoms with Crippen molar-refractivity contribution in [1.82, 2.24) is 0 Å². The van der Waals surface area contributed by atoms with E-state index in [1.54, 1.807) is 0 Å². The van der Waals surface area contributed by atoms with Crippen molar-refractivity contribution >= 4 is 0 Å². The number of hydrogen-bond acceptors (Lipinski definition) is 1. The Hall–Kier alpha value is -1.67. The first-order valence-corrected chi connectivity index (χ1v) is 6.19. The first-order valence-electron chi connectivity index (χ1n) is 6.19. The molecule has 92 valence electrons. The maximum Gasteiger partial charge on any atom is 0.123 e. The zero-order chi connectivity index (χ0) is 12.7. The molecule has 0 heterocycles. The van der Waals surface area contributed by atoms with Crippen LogP contribution in [0, 0.1) is 12.7 Å². The summed E-state index contributed by atoms with van der Waals surface area (Å²) < 4.78 is 12.9. The summed E-state index contributed by atoms with van der Waals surface area (Å²) >= 11 is 0. The molecule has 0 aromatic heterocycles. The predicted octanol–water partition coefficient (Wildman–Crippen LogP) is 3.70. The highest BCUT2D eigenvalue weighted by molar-refractivity contribution is 5.45. The fourth-order valence-electron chi connectivity index (χ4n) is 2.79. The summed E-state index contributed by atoms with van der Waals surface area (Å²) in [6, 6.07) is 12.8. The van der Waals surface area contributed by atoms with Crippen molar-refractivity contribution < 1.29 is 9.50 Å². The van der Waals surface area contributed by atoms with Crippen molar-refractivity contribution in [3.05, 3.63) is 70.5 Å². The minimum absolute atomic E-state index is 0.177. The van der Waals surface area contributed by atoms with Gasteiger partial charge in [-0.15, -0.1) is 0 Å². The number of aliphatic hydroxyl groups is 1. The second-order valence-corrected chi connectivity index (χ2v) is 4.99. The van der Waals surface area contributed by atoms with E-state index in [1.165, 1.54) is 17.7 Å². The molecule has 3 rings (SSSR count). The highest BCUT2D eigenvalue weighted by atomic mass is 19.1. The van der Waals surface area contributed by atoms with E-state index in [0.717, 1.165) is 16.7 Å². The van der Waals surface area contributed by atoms with Crippen LogP contribution in [0.15, 0.2) is 42.5 Å². The van der Waals surface area contributed by atoms with Gasteiger partial charge in [-0.1, -0.05) is 35.9 Å². The average Bonchev–Trinajstić information content (AvgIpc) is 2.68. The standard InChI is InChI=1S/C16H15FO/c1-10-2-7-13-14(9-16(18)15(13)8-10)11-3-5-12(17)6-4-11/h2-8,14,16,18H,9H2,1H3/t14-,16-/m1/s1. The number of aryl methyl sites for hydroxylation is 1. The van der Waals surface area contributed by atoms with E-state index in [2.05, 4.69) is 12.1 Å². The van der Waals surface area contributed by atoms with Crippen LogP contribution in [0.2, 0.25) is 0 Å². The Kier molecular flexibility index (Phi) is 2.67. The van der Waals surface area contributed by atoms with Crippen LogP contribution in [-0.4, -0.2) is 5.11 Å². The lowest BCUT2D eigenvalue weighted by Gasteiger charge is -2.11. The summed E-state index contributed by atoms with van der Waals surface area (Å²) in [5, 5.41) is 10.1. The summed E-state index contributed by atoms with van der Waals surface area (Å²) in [5.74, 6) is -0.0439. The van der Waals surface area contributed by atoms with Crippen LogP contribution < -0.4 is 0 Å². The third-order valence-electron chi connectivity index (χ3n) is 3.71. The molecule has 2 atom stereocenters. The number of aliphatic hydroxyl groups excluding tert-OH is 1. The lowest BCUT2D eigenvalue weighted by atomic mass is 9.92. The number of halogens is 1. The zero-order valence-corrected chi connectivity index (χ0v) is 10.2. The topological polar surface area (TPSA) is 20.2 Å². The lowest BCUT2D eigenvalue weighted by molar-refractivity contribution is 0.176. The smallest absolute Gasteiger partial charge is 0.123 e. The van der Waals surface area contributed by atoms with Gasteiger partial charge in [0.05, 0.1) is 6.10 Å². The Morgan fingerprint density at radius 2 is 1.78 bits per heavy atom. The third kappa shape index (κ3) is 1.83. The van der Waals surface area contributed by atoms with Crippen LogP contribution in [-0.2, 0) is 0 Å². The van der Waals surface area contributed by atoms with Gasteiger partial charge in [-0.05, 0) is 42.2 Å². The molecule has 0 unspecified atom stereocenters. The van der Waals surface area contributed by atoms with Crippen LogP contribution in [0.1, 0.15) is 40.7 Å². The molecule has 0 fully saturated rings. The van der Waals surface area contributed by atoms with Gasteiger partial charge < -0.3 is 5.11 Å². The van der Waals surface area contributed by atoms with Gasteiger partial charge in [0, 0.05) is 5.92 Å². The third-order valence-corrected chi connectivity index (χ3v) is 3.71. The maximum absolute atomic E-state index is 12.9. The molecule has 18 heavy (non-hydrogen) atoms. The number of fused-ring (bicyclic) bond motifs is 1. The number of hydrogen-bond donors (Lipinski definition) is 1. The molecular weight excluding hydrogens is 227 g/mol. The molecule has 0 saturated heterocycles. The molecule has 0 aliphatic heterocycles. The highest BCUT2D eigenvalue weighted by Crippen LogP contribution is 2.44. The molecule has 0 saturated carbocycles. The van der Waals surface area contributed by atoms with Crippen molar-refractivity contribution in [2.24, 2.45) is 0 Å². The van der Waals surface area contributed by atoms with Crippen LogP contribution in [0.5, 0.6) is 0 Å². The first kappa shape index (κ1) is 11.4. The van der Waals surface area contributed by atoms with E-state index in [9.17, 15) is 9.50 Å². The lowest BCUT2D eigenvalue weighted by Crippen LogP contribution is -1.96. The average molecular weight is 242 g/mol. The Balaban J connectivity index is 2.05. The summed E-state index contributed by atoms with van der Waals surface area (Å²) in [7, 11) is 0. The Bertz CT molecular complexity index is 574. The van der Waals surface area contributed by atoms with Gasteiger partial charge >= 0.3 is 0 Å². The molecule has 1 aliphatic rings. The van der Waals surface area contributed by atoms with Crippen molar-refractivity contribution in [3.8, 4) is 0 Å². The first-order chi connectivity index (χ1) is 8.65. The fourth-order valence-corrected chi connectivity index (χ4v) is 2.79. The Morgan fingerprint density at radius 1 is 1.06 bits per heavy atom. The quantitative estimate of drug-likeness (QED) is 0.808. The summed E-state index contributed by atoms with van der Waals surface area (Å²) in [5.41, 5.74) is 4.41. The largest absolute Gasteiger partial charge is 0.388 e. The van der Waals surface area contributed by atoms with Crippen LogP contribution in [0.4, 0.5) is 4.39 Å². The van der Waals surface area contributed by atoms with Gasteiger partial charge in [0.15, 0.2) is 0 Å². The zero-order valence-electron chi connectivity index (χ0n) is 10.2. The molecule has 2 heteroatoms. The van der Waals surface area contributed by atoms with Crippen LogP contribution in [0.25, 0.3) is 0 Å². The van der Waals surface area contributed by atoms with Crippen molar-refractivity contribution in [3.63, 3.8) is 0 Å². The molecule has 2 aromatic rings. The Morgan fingerprint density at radius 3 is 2.50 bits per heavy atom. The van der Waals surface area contributed by atoms with Gasteiger partial charge in [-0.2, -0.15) is 0 Å². The molecule has 2 aromatic carbocycles. The predicted molar refractivity (Wildman–Crippen MR) is 69.0 cm³/mol. The molecule has 1 nitrogen and oxygen atoms in total. The van der Waals surface area contributed by atoms with Crippen molar-refractivity contribution in [1.29, 1.82) is 0 Å². The van der Waals surface area contributed by atoms with Crippen LogP contribution >= 0.6 is 0 Å². The van der Waals surface area contributed by atoms with Gasteiger partial charge in [-0.25, -0.2) is 4.39 Å². The number of rotatable bonds is 1.